The number of rotatable bonds is 0. The highest BCUT2D eigenvalue weighted by Crippen LogP contribution is 2.37. The first-order chi connectivity index (χ1) is 6.49. The van der Waals surface area contributed by atoms with Gasteiger partial charge in [-0.25, -0.2) is 0 Å². The molecule has 0 saturated heterocycles. The SMILES string of the molecule is CC(=O)N1CC(C)(C)Nc2cscc21. The van der Waals surface area contributed by atoms with E-state index in [1.54, 1.807) is 18.3 Å². The smallest absolute Gasteiger partial charge is 0.224 e. The monoisotopic (exact) mass is 210 g/mol. The molecule has 0 saturated carbocycles. The molecular weight excluding hydrogens is 196 g/mol. The molecule has 1 aromatic rings. The van der Waals surface area contributed by atoms with Crippen molar-refractivity contribution in [3.63, 3.8) is 0 Å². The van der Waals surface area contributed by atoms with Crippen molar-refractivity contribution in [2.45, 2.75) is 26.3 Å². The second-order valence-electron chi connectivity index (χ2n) is 4.28. The highest BCUT2D eigenvalue weighted by Gasteiger charge is 2.31. The molecule has 0 radical (unpaired) electrons. The van der Waals surface area contributed by atoms with E-state index in [0.717, 1.165) is 17.9 Å². The van der Waals surface area contributed by atoms with Gasteiger partial charge in [0.2, 0.25) is 5.91 Å². The normalized spacial score (nSPS) is 18.6. The van der Waals surface area contributed by atoms with Gasteiger partial charge in [0.05, 0.1) is 11.4 Å². The standard InChI is InChI=1S/C10H14N2OS/c1-7(13)12-6-10(2,3)11-8-4-14-5-9(8)12/h4-5,11H,6H2,1-3H3. The number of hydrogen-bond acceptors (Lipinski definition) is 3. The molecule has 1 aromatic heterocycles. The number of fused-ring (bicyclic) bond motifs is 1. The van der Waals surface area contributed by atoms with Crippen LogP contribution in [0.2, 0.25) is 0 Å². The summed E-state index contributed by atoms with van der Waals surface area (Å²) in [6.07, 6.45) is 0. The number of carbonyl (C=O) groups is 1. The maximum absolute atomic E-state index is 11.5. The molecule has 0 aliphatic carbocycles. The van der Waals surface area contributed by atoms with Crippen molar-refractivity contribution < 1.29 is 4.79 Å². The van der Waals surface area contributed by atoms with Crippen LogP contribution in [0.25, 0.3) is 0 Å². The van der Waals surface area contributed by atoms with E-state index in [1.165, 1.54) is 0 Å². The Kier molecular flexibility index (Phi) is 2.03. The molecule has 0 fully saturated rings. The third-order valence-corrected chi connectivity index (χ3v) is 3.07. The van der Waals surface area contributed by atoms with Crippen molar-refractivity contribution in [3.8, 4) is 0 Å². The van der Waals surface area contributed by atoms with Crippen LogP contribution in [0.1, 0.15) is 20.8 Å². The Morgan fingerprint density at radius 3 is 2.93 bits per heavy atom. The summed E-state index contributed by atoms with van der Waals surface area (Å²) in [6.45, 7) is 6.54. The quantitative estimate of drug-likeness (QED) is 0.712. The summed E-state index contributed by atoms with van der Waals surface area (Å²) in [5, 5.41) is 7.48. The first-order valence-electron chi connectivity index (χ1n) is 4.62. The van der Waals surface area contributed by atoms with Crippen LogP contribution in [0, 0.1) is 0 Å². The van der Waals surface area contributed by atoms with Crippen LogP contribution in [-0.2, 0) is 4.79 Å². The van der Waals surface area contributed by atoms with E-state index >= 15 is 0 Å². The summed E-state index contributed by atoms with van der Waals surface area (Å²) in [7, 11) is 0. The first kappa shape index (κ1) is 9.52. The predicted molar refractivity (Wildman–Crippen MR) is 60.0 cm³/mol. The third kappa shape index (κ3) is 1.50. The Hall–Kier alpha value is -1.03. The molecule has 2 heterocycles. The Balaban J connectivity index is 2.42. The van der Waals surface area contributed by atoms with E-state index in [4.69, 9.17) is 0 Å². The van der Waals surface area contributed by atoms with Gasteiger partial charge < -0.3 is 10.2 Å². The van der Waals surface area contributed by atoms with Crippen molar-refractivity contribution in [3.05, 3.63) is 10.8 Å². The molecule has 1 amide bonds. The van der Waals surface area contributed by atoms with E-state index in [-0.39, 0.29) is 11.4 Å². The summed E-state index contributed by atoms with van der Waals surface area (Å²) in [5.41, 5.74) is 2.04. The second kappa shape index (κ2) is 2.98. The highest BCUT2D eigenvalue weighted by molar-refractivity contribution is 7.09. The van der Waals surface area contributed by atoms with E-state index in [0.29, 0.717) is 0 Å². The average molecular weight is 210 g/mol. The molecule has 0 aromatic carbocycles. The van der Waals surface area contributed by atoms with Crippen molar-refractivity contribution in [1.29, 1.82) is 0 Å². The Bertz CT molecular complexity index is 370. The van der Waals surface area contributed by atoms with Crippen molar-refractivity contribution in [1.82, 2.24) is 0 Å². The lowest BCUT2D eigenvalue weighted by Crippen LogP contribution is -2.49. The van der Waals surface area contributed by atoms with Crippen LogP contribution < -0.4 is 10.2 Å². The van der Waals surface area contributed by atoms with E-state index in [2.05, 4.69) is 19.2 Å². The molecule has 0 bridgehead atoms. The molecule has 1 N–H and O–H groups in total. The van der Waals surface area contributed by atoms with Crippen LogP contribution in [0.4, 0.5) is 11.4 Å². The number of carbonyl (C=O) groups excluding carboxylic acids is 1. The van der Waals surface area contributed by atoms with Gasteiger partial charge >= 0.3 is 0 Å². The molecule has 2 rings (SSSR count). The van der Waals surface area contributed by atoms with Crippen LogP contribution >= 0.6 is 11.3 Å². The molecule has 1 aliphatic heterocycles. The highest BCUT2D eigenvalue weighted by atomic mass is 32.1. The van der Waals surface area contributed by atoms with Gasteiger partial charge in [0.1, 0.15) is 0 Å². The van der Waals surface area contributed by atoms with Crippen LogP contribution in [-0.4, -0.2) is 18.0 Å². The fourth-order valence-corrected chi connectivity index (χ4v) is 2.53. The predicted octanol–water partition coefficient (Wildman–Crippen LogP) is 2.31. The number of amides is 1. The topological polar surface area (TPSA) is 32.3 Å². The second-order valence-corrected chi connectivity index (χ2v) is 5.03. The van der Waals surface area contributed by atoms with Crippen LogP contribution in [0.5, 0.6) is 0 Å². The minimum absolute atomic E-state index is 0.0419. The van der Waals surface area contributed by atoms with Gasteiger partial charge in [-0.2, -0.15) is 0 Å². The number of nitrogens with one attached hydrogen (secondary N) is 1. The molecule has 14 heavy (non-hydrogen) atoms. The number of thiophene rings is 1. The minimum Gasteiger partial charge on any atom is -0.376 e. The molecule has 1 aliphatic rings. The minimum atomic E-state index is -0.0419. The van der Waals surface area contributed by atoms with E-state index in [1.807, 2.05) is 15.7 Å². The van der Waals surface area contributed by atoms with Gasteiger partial charge in [-0.1, -0.05) is 0 Å². The van der Waals surface area contributed by atoms with Gasteiger partial charge in [0, 0.05) is 29.8 Å². The number of nitrogens with zero attached hydrogens (tertiary/aromatic N) is 1. The fraction of sp³-hybridized carbons (Fsp3) is 0.500. The lowest BCUT2D eigenvalue weighted by Gasteiger charge is -2.39. The largest absolute Gasteiger partial charge is 0.376 e. The molecule has 0 spiro atoms. The number of anilines is 2. The van der Waals surface area contributed by atoms with Gasteiger partial charge in [-0.05, 0) is 13.8 Å². The average Bonchev–Trinajstić information content (AvgIpc) is 2.47. The zero-order valence-electron chi connectivity index (χ0n) is 8.63. The van der Waals surface area contributed by atoms with Gasteiger partial charge in [0.25, 0.3) is 0 Å². The lowest BCUT2D eigenvalue weighted by molar-refractivity contribution is -0.116. The fourth-order valence-electron chi connectivity index (χ4n) is 1.76. The summed E-state index contributed by atoms with van der Waals surface area (Å²) < 4.78 is 0. The van der Waals surface area contributed by atoms with Crippen LogP contribution in [0.3, 0.4) is 0 Å². The lowest BCUT2D eigenvalue weighted by atomic mass is 10.0. The molecular formula is C10H14N2OS. The molecule has 4 heteroatoms. The van der Waals surface area contributed by atoms with Crippen molar-refractivity contribution in [2.75, 3.05) is 16.8 Å². The van der Waals surface area contributed by atoms with Gasteiger partial charge in [0.15, 0.2) is 0 Å². The molecule has 76 valence electrons. The maximum atomic E-state index is 11.5. The zero-order chi connectivity index (χ0) is 10.3. The Morgan fingerprint density at radius 2 is 2.29 bits per heavy atom. The van der Waals surface area contributed by atoms with Gasteiger partial charge in [-0.15, -0.1) is 11.3 Å². The number of hydrogen-bond donors (Lipinski definition) is 1. The summed E-state index contributed by atoms with van der Waals surface area (Å²) >= 11 is 1.62. The first-order valence-corrected chi connectivity index (χ1v) is 5.56. The Labute approximate surface area is 87.7 Å². The van der Waals surface area contributed by atoms with Gasteiger partial charge in [-0.3, -0.25) is 4.79 Å². The van der Waals surface area contributed by atoms with Crippen LogP contribution in [0.15, 0.2) is 10.8 Å². The molecule has 0 atom stereocenters. The third-order valence-electron chi connectivity index (χ3n) is 2.34. The summed E-state index contributed by atoms with van der Waals surface area (Å²) in [5.74, 6) is 0.110. The summed E-state index contributed by atoms with van der Waals surface area (Å²) in [4.78, 5) is 13.3. The Morgan fingerprint density at radius 1 is 1.57 bits per heavy atom. The maximum Gasteiger partial charge on any atom is 0.224 e. The molecule has 0 unspecified atom stereocenters. The summed E-state index contributed by atoms with van der Waals surface area (Å²) in [6, 6.07) is 0. The van der Waals surface area contributed by atoms with Crippen molar-refractivity contribution >= 4 is 28.6 Å². The van der Waals surface area contributed by atoms with E-state index < -0.39 is 0 Å². The zero-order valence-corrected chi connectivity index (χ0v) is 9.44. The van der Waals surface area contributed by atoms with E-state index in [9.17, 15) is 4.79 Å². The van der Waals surface area contributed by atoms with Crippen molar-refractivity contribution in [2.24, 2.45) is 0 Å². The molecule has 3 nitrogen and oxygen atoms in total.